The van der Waals surface area contributed by atoms with E-state index in [4.69, 9.17) is 4.74 Å². The minimum absolute atomic E-state index is 0. The predicted octanol–water partition coefficient (Wildman–Crippen LogP) is -3.73. The van der Waals surface area contributed by atoms with Crippen molar-refractivity contribution in [2.45, 2.75) is 38.5 Å². The molecule has 23 heavy (non-hydrogen) atoms. The molecule has 0 aromatic carbocycles. The molecule has 6 rings (SSSR count). The molecule has 0 spiro atoms. The quantitative estimate of drug-likeness (QED) is 0.189. The van der Waals surface area contributed by atoms with E-state index in [1.165, 1.54) is 99.8 Å². The molecule has 6 heterocycles. The summed E-state index contributed by atoms with van der Waals surface area (Å²) in [4.78, 5) is 0. The van der Waals surface area contributed by atoms with Crippen LogP contribution >= 0.6 is 0 Å². The van der Waals surface area contributed by atoms with Crippen molar-refractivity contribution in [3.05, 3.63) is 0 Å². The Balaban J connectivity index is 0.000000960. The number of ether oxygens (including phenoxy) is 1. The van der Waals surface area contributed by atoms with Crippen LogP contribution in [0.1, 0.15) is 38.5 Å². The lowest BCUT2D eigenvalue weighted by Crippen LogP contribution is -3.00. The second-order valence-electron chi connectivity index (χ2n) is 8.55. The number of quaternary nitrogens is 2. The summed E-state index contributed by atoms with van der Waals surface area (Å²) in [5.74, 6) is 2.15. The zero-order chi connectivity index (χ0) is 14.2. The zero-order valence-electron chi connectivity index (χ0n) is 14.5. The molecule has 6 aliphatic rings. The van der Waals surface area contributed by atoms with E-state index in [1.807, 2.05) is 0 Å². The molecule has 0 N–H and O–H groups in total. The molecular formula is C18H34I2N2O. The van der Waals surface area contributed by atoms with Gasteiger partial charge in [0.25, 0.3) is 0 Å². The number of rotatable bonds is 6. The van der Waals surface area contributed by atoms with Crippen LogP contribution in [0.2, 0.25) is 0 Å². The van der Waals surface area contributed by atoms with Gasteiger partial charge in [0.2, 0.25) is 0 Å². The van der Waals surface area contributed by atoms with Crippen molar-refractivity contribution in [1.82, 2.24) is 0 Å². The minimum atomic E-state index is 0. The number of nitrogens with zero attached hydrogens (tertiary/aromatic N) is 2. The van der Waals surface area contributed by atoms with Gasteiger partial charge in [-0.3, -0.25) is 0 Å². The van der Waals surface area contributed by atoms with Gasteiger partial charge in [-0.1, -0.05) is 0 Å². The Bertz CT molecular complexity index is 302. The summed E-state index contributed by atoms with van der Waals surface area (Å²) in [6.07, 6.45) is 8.92. The molecule has 0 amide bonds. The van der Waals surface area contributed by atoms with Crippen LogP contribution in [0.4, 0.5) is 0 Å². The number of fused-ring (bicyclic) bond motifs is 6. The third-order valence-corrected chi connectivity index (χ3v) is 7.49. The van der Waals surface area contributed by atoms with Crippen LogP contribution in [0.15, 0.2) is 0 Å². The topological polar surface area (TPSA) is 9.23 Å². The molecule has 0 radical (unpaired) electrons. The van der Waals surface area contributed by atoms with E-state index in [1.54, 1.807) is 0 Å². The van der Waals surface area contributed by atoms with Crippen LogP contribution in [0.25, 0.3) is 0 Å². The molecule has 0 unspecified atom stereocenters. The Morgan fingerprint density at radius 1 is 0.565 bits per heavy atom. The van der Waals surface area contributed by atoms with Gasteiger partial charge in [0.05, 0.1) is 52.5 Å². The third-order valence-electron chi connectivity index (χ3n) is 7.49. The lowest BCUT2D eigenvalue weighted by atomic mass is 9.86. The summed E-state index contributed by atoms with van der Waals surface area (Å²) < 4.78 is 8.87. The Hall–Kier alpha value is 1.34. The Morgan fingerprint density at radius 3 is 1.17 bits per heavy atom. The smallest absolute Gasteiger partial charge is 0.102 e. The van der Waals surface area contributed by atoms with Crippen LogP contribution in [0.3, 0.4) is 0 Å². The standard InChI is InChI=1S/C18H34N2O.2HI/c1-7-19(8-2-17(1)3-9-19)13-15-21-16-14-20-10-4-18(5-11-20)6-12-20;;/h17-18H,1-16H2;2*1H/q+2;;/p-2. The number of halogens is 2. The highest BCUT2D eigenvalue weighted by atomic mass is 127. The lowest BCUT2D eigenvalue weighted by molar-refractivity contribution is -0.945. The van der Waals surface area contributed by atoms with E-state index in [0.29, 0.717) is 0 Å². The van der Waals surface area contributed by atoms with E-state index < -0.39 is 0 Å². The second-order valence-corrected chi connectivity index (χ2v) is 8.55. The molecule has 0 aromatic heterocycles. The maximum Gasteiger partial charge on any atom is 0.102 e. The average molecular weight is 548 g/mol. The van der Waals surface area contributed by atoms with Gasteiger partial charge in [0, 0.05) is 0 Å². The van der Waals surface area contributed by atoms with Crippen molar-refractivity contribution in [2.24, 2.45) is 11.8 Å². The summed E-state index contributed by atoms with van der Waals surface area (Å²) in [5.41, 5.74) is 0. The first-order valence-electron chi connectivity index (χ1n) is 9.56. The Labute approximate surface area is 176 Å². The first kappa shape index (κ1) is 20.6. The van der Waals surface area contributed by atoms with Gasteiger partial charge in [-0.15, -0.1) is 0 Å². The fourth-order valence-corrected chi connectivity index (χ4v) is 5.56. The third kappa shape index (κ3) is 4.74. The van der Waals surface area contributed by atoms with Crippen molar-refractivity contribution < 1.29 is 61.7 Å². The molecule has 6 aliphatic heterocycles. The first-order chi connectivity index (χ1) is 10.3. The fraction of sp³-hybridized carbons (Fsp3) is 1.00. The van der Waals surface area contributed by atoms with Crippen molar-refractivity contribution in [1.29, 1.82) is 0 Å². The number of hydrogen-bond acceptors (Lipinski definition) is 1. The molecule has 3 nitrogen and oxygen atoms in total. The summed E-state index contributed by atoms with van der Waals surface area (Å²) in [6.45, 7) is 13.2. The molecule has 5 heteroatoms. The van der Waals surface area contributed by atoms with Crippen LogP contribution < -0.4 is 48.0 Å². The zero-order valence-corrected chi connectivity index (χ0v) is 18.8. The van der Waals surface area contributed by atoms with Crippen molar-refractivity contribution in [3.8, 4) is 0 Å². The molecule has 6 fully saturated rings. The highest BCUT2D eigenvalue weighted by molar-refractivity contribution is 4.72. The average Bonchev–Trinajstić information content (AvgIpc) is 2.58. The van der Waals surface area contributed by atoms with Crippen LogP contribution in [-0.4, -0.2) is 74.5 Å². The lowest BCUT2D eigenvalue weighted by Gasteiger charge is -2.49. The Morgan fingerprint density at radius 2 is 0.870 bits per heavy atom. The minimum Gasteiger partial charge on any atom is -1.00 e. The van der Waals surface area contributed by atoms with Gasteiger partial charge in [-0.25, -0.2) is 0 Å². The number of hydrogen-bond donors (Lipinski definition) is 0. The SMILES string of the molecule is C(C[N+]12CCC(CC1)CC2)OCC[N+]12CCC(CC1)CC2.[I-].[I-]. The molecule has 0 atom stereocenters. The van der Waals surface area contributed by atoms with Gasteiger partial charge < -0.3 is 61.7 Å². The van der Waals surface area contributed by atoms with E-state index in [9.17, 15) is 0 Å². The maximum atomic E-state index is 6.10. The van der Waals surface area contributed by atoms with Gasteiger partial charge in [0.15, 0.2) is 0 Å². The highest BCUT2D eigenvalue weighted by Crippen LogP contribution is 2.34. The van der Waals surface area contributed by atoms with E-state index in [0.717, 1.165) is 25.0 Å². The molecular weight excluding hydrogens is 514 g/mol. The van der Waals surface area contributed by atoms with Crippen molar-refractivity contribution >= 4 is 0 Å². The van der Waals surface area contributed by atoms with Gasteiger partial charge in [-0.2, -0.15) is 0 Å². The van der Waals surface area contributed by atoms with Gasteiger partial charge >= 0.3 is 0 Å². The molecule has 4 bridgehead atoms. The summed E-state index contributed by atoms with van der Waals surface area (Å²) in [5, 5.41) is 0. The van der Waals surface area contributed by atoms with Crippen LogP contribution in [-0.2, 0) is 4.74 Å². The Kier molecular flexibility index (Phi) is 7.92. The van der Waals surface area contributed by atoms with Crippen molar-refractivity contribution in [3.63, 3.8) is 0 Å². The summed E-state index contributed by atoms with van der Waals surface area (Å²) >= 11 is 0. The highest BCUT2D eigenvalue weighted by Gasteiger charge is 2.40. The van der Waals surface area contributed by atoms with Crippen molar-refractivity contribution in [2.75, 3.05) is 65.6 Å². The second kappa shape index (κ2) is 8.82. The molecule has 0 aliphatic carbocycles. The molecule has 6 saturated heterocycles. The van der Waals surface area contributed by atoms with E-state index in [2.05, 4.69) is 0 Å². The van der Waals surface area contributed by atoms with Crippen LogP contribution in [0, 0.1) is 11.8 Å². The van der Waals surface area contributed by atoms with E-state index in [-0.39, 0.29) is 48.0 Å². The predicted molar refractivity (Wildman–Crippen MR) is 85.0 cm³/mol. The van der Waals surface area contributed by atoms with E-state index >= 15 is 0 Å². The van der Waals surface area contributed by atoms with Crippen LogP contribution in [0.5, 0.6) is 0 Å². The molecule has 0 saturated carbocycles. The van der Waals surface area contributed by atoms with Gasteiger partial charge in [-0.05, 0) is 50.4 Å². The molecule has 0 aromatic rings. The molecule has 136 valence electrons. The summed E-state index contributed by atoms with van der Waals surface area (Å²) in [6, 6.07) is 0. The maximum absolute atomic E-state index is 6.10. The largest absolute Gasteiger partial charge is 1.00 e. The first-order valence-corrected chi connectivity index (χ1v) is 9.56. The number of piperidine rings is 6. The monoisotopic (exact) mass is 548 g/mol. The normalized spacial score (nSPS) is 41.2. The van der Waals surface area contributed by atoms with Gasteiger partial charge in [0.1, 0.15) is 13.1 Å². The fourth-order valence-electron chi connectivity index (χ4n) is 5.56. The summed E-state index contributed by atoms with van der Waals surface area (Å²) in [7, 11) is 0.